The molecule has 1 atom stereocenters. The van der Waals surface area contributed by atoms with E-state index in [2.05, 4.69) is 5.32 Å². The predicted octanol–water partition coefficient (Wildman–Crippen LogP) is 3.30. The Labute approximate surface area is 133 Å². The van der Waals surface area contributed by atoms with Crippen molar-refractivity contribution in [2.24, 2.45) is 0 Å². The van der Waals surface area contributed by atoms with Crippen LogP contribution in [0.5, 0.6) is 0 Å². The van der Waals surface area contributed by atoms with E-state index in [-0.39, 0.29) is 17.9 Å². The van der Waals surface area contributed by atoms with Crippen molar-refractivity contribution in [1.29, 1.82) is 0 Å². The fraction of sp³-hybridized carbons (Fsp3) is 0.294. The summed E-state index contributed by atoms with van der Waals surface area (Å²) in [4.78, 5) is 27.4. The number of nitrogens with one attached hydrogen (secondary N) is 1. The van der Waals surface area contributed by atoms with E-state index >= 15 is 0 Å². The van der Waals surface area contributed by atoms with Crippen molar-refractivity contribution >= 4 is 28.8 Å². The second-order valence-corrected chi connectivity index (χ2v) is 6.44. The molecule has 1 aliphatic heterocycles. The molecule has 2 heterocycles. The molecule has 5 heteroatoms. The molecule has 0 unspecified atom stereocenters. The van der Waals surface area contributed by atoms with Gasteiger partial charge >= 0.3 is 0 Å². The highest BCUT2D eigenvalue weighted by molar-refractivity contribution is 7.12. The van der Waals surface area contributed by atoms with E-state index in [4.69, 9.17) is 0 Å². The van der Waals surface area contributed by atoms with E-state index < -0.39 is 0 Å². The average Bonchev–Trinajstić information content (AvgIpc) is 3.18. The van der Waals surface area contributed by atoms with Crippen LogP contribution in [0, 0.1) is 6.92 Å². The second-order valence-electron chi connectivity index (χ2n) is 5.49. The van der Waals surface area contributed by atoms with Crippen LogP contribution in [0.4, 0.5) is 5.69 Å². The number of hydrogen-bond donors (Lipinski definition) is 1. The summed E-state index contributed by atoms with van der Waals surface area (Å²) in [6.45, 7) is 2.63. The normalized spacial score (nSPS) is 17.5. The first-order chi connectivity index (χ1) is 10.6. The number of nitrogens with zero attached hydrogens (tertiary/aromatic N) is 1. The molecular weight excluding hydrogens is 296 g/mol. The van der Waals surface area contributed by atoms with Crippen LogP contribution in [0.1, 0.15) is 28.1 Å². The molecule has 1 N–H and O–H groups in total. The van der Waals surface area contributed by atoms with Gasteiger partial charge in [-0.3, -0.25) is 9.59 Å². The van der Waals surface area contributed by atoms with Gasteiger partial charge in [-0.2, -0.15) is 0 Å². The minimum absolute atomic E-state index is 0.0445. The summed E-state index contributed by atoms with van der Waals surface area (Å²) in [5.41, 5.74) is 1.87. The zero-order chi connectivity index (χ0) is 15.5. The average molecular weight is 314 g/mol. The SMILES string of the molecule is Cc1cccc(NC(=O)[C@@H]2CCCN2C(=O)c2cccs2)c1. The summed E-state index contributed by atoms with van der Waals surface area (Å²) in [5.74, 6) is -0.148. The van der Waals surface area contributed by atoms with Gasteiger partial charge in [-0.15, -0.1) is 11.3 Å². The Balaban J connectivity index is 1.72. The van der Waals surface area contributed by atoms with Crippen molar-refractivity contribution in [2.75, 3.05) is 11.9 Å². The first-order valence-corrected chi connectivity index (χ1v) is 8.25. The smallest absolute Gasteiger partial charge is 0.264 e. The van der Waals surface area contributed by atoms with E-state index in [0.29, 0.717) is 11.4 Å². The molecular formula is C17H18N2O2S. The van der Waals surface area contributed by atoms with Crippen LogP contribution in [0.15, 0.2) is 41.8 Å². The van der Waals surface area contributed by atoms with Crippen molar-refractivity contribution in [1.82, 2.24) is 4.90 Å². The Morgan fingerprint density at radius 1 is 1.27 bits per heavy atom. The molecule has 0 spiro atoms. The van der Waals surface area contributed by atoms with Gasteiger partial charge in [0, 0.05) is 12.2 Å². The van der Waals surface area contributed by atoms with E-state index in [1.807, 2.05) is 42.6 Å². The van der Waals surface area contributed by atoms with Gasteiger partial charge in [-0.05, 0) is 48.9 Å². The van der Waals surface area contributed by atoms with Crippen LogP contribution in [0.25, 0.3) is 0 Å². The van der Waals surface area contributed by atoms with Crippen LogP contribution in [0.2, 0.25) is 0 Å². The number of rotatable bonds is 3. The van der Waals surface area contributed by atoms with E-state index in [0.717, 1.165) is 24.1 Å². The number of carbonyl (C=O) groups is 2. The summed E-state index contributed by atoms with van der Waals surface area (Å²) in [6.07, 6.45) is 1.58. The van der Waals surface area contributed by atoms with Crippen molar-refractivity contribution in [2.45, 2.75) is 25.8 Å². The Hall–Kier alpha value is -2.14. The van der Waals surface area contributed by atoms with Crippen molar-refractivity contribution < 1.29 is 9.59 Å². The molecule has 1 fully saturated rings. The van der Waals surface area contributed by atoms with Gasteiger partial charge in [0.15, 0.2) is 0 Å². The number of benzene rings is 1. The minimum atomic E-state index is -0.380. The van der Waals surface area contributed by atoms with Gasteiger partial charge in [0.05, 0.1) is 4.88 Å². The quantitative estimate of drug-likeness (QED) is 0.945. The molecule has 22 heavy (non-hydrogen) atoms. The monoisotopic (exact) mass is 314 g/mol. The lowest BCUT2D eigenvalue weighted by Gasteiger charge is -2.23. The maximum Gasteiger partial charge on any atom is 0.264 e. The minimum Gasteiger partial charge on any atom is -0.326 e. The van der Waals surface area contributed by atoms with E-state index in [9.17, 15) is 9.59 Å². The molecule has 114 valence electrons. The highest BCUT2D eigenvalue weighted by Crippen LogP contribution is 2.23. The molecule has 2 amide bonds. The molecule has 0 aliphatic carbocycles. The van der Waals surface area contributed by atoms with Gasteiger partial charge in [0.25, 0.3) is 5.91 Å². The summed E-state index contributed by atoms with van der Waals surface area (Å²) < 4.78 is 0. The highest BCUT2D eigenvalue weighted by Gasteiger charge is 2.34. The fourth-order valence-corrected chi connectivity index (χ4v) is 3.45. The fourth-order valence-electron chi connectivity index (χ4n) is 2.77. The van der Waals surface area contributed by atoms with Crippen molar-refractivity contribution in [3.63, 3.8) is 0 Å². The Morgan fingerprint density at radius 3 is 2.86 bits per heavy atom. The maximum atomic E-state index is 12.5. The molecule has 1 aromatic heterocycles. The van der Waals surface area contributed by atoms with Gasteiger partial charge in [-0.1, -0.05) is 18.2 Å². The summed E-state index contributed by atoms with van der Waals surface area (Å²) in [5, 5.41) is 4.81. The third kappa shape index (κ3) is 3.04. The summed E-state index contributed by atoms with van der Waals surface area (Å²) in [6, 6.07) is 11.0. The Kier molecular flexibility index (Phi) is 4.24. The zero-order valence-electron chi connectivity index (χ0n) is 12.4. The molecule has 0 saturated carbocycles. The molecule has 0 bridgehead atoms. The summed E-state index contributed by atoms with van der Waals surface area (Å²) >= 11 is 1.41. The molecule has 1 aliphatic rings. The van der Waals surface area contributed by atoms with Crippen molar-refractivity contribution in [3.05, 3.63) is 52.2 Å². The van der Waals surface area contributed by atoms with Gasteiger partial charge in [-0.25, -0.2) is 0 Å². The van der Waals surface area contributed by atoms with E-state index in [1.54, 1.807) is 11.0 Å². The standard InChI is InChI=1S/C17H18N2O2S/c1-12-5-2-6-13(11-12)18-16(20)14-7-3-9-19(14)17(21)15-8-4-10-22-15/h2,4-6,8,10-11,14H,3,7,9H2,1H3,(H,18,20)/t14-/m0/s1. The lowest BCUT2D eigenvalue weighted by Crippen LogP contribution is -2.42. The highest BCUT2D eigenvalue weighted by atomic mass is 32.1. The third-order valence-corrected chi connectivity index (χ3v) is 4.69. The van der Waals surface area contributed by atoms with Crippen LogP contribution < -0.4 is 5.32 Å². The second kappa shape index (κ2) is 6.32. The molecule has 1 aromatic carbocycles. The topological polar surface area (TPSA) is 49.4 Å². The lowest BCUT2D eigenvalue weighted by atomic mass is 10.1. The predicted molar refractivity (Wildman–Crippen MR) is 88.2 cm³/mol. The van der Waals surface area contributed by atoms with Crippen LogP contribution in [0.3, 0.4) is 0 Å². The number of thiophene rings is 1. The van der Waals surface area contributed by atoms with Gasteiger partial charge < -0.3 is 10.2 Å². The molecule has 0 radical (unpaired) electrons. The largest absolute Gasteiger partial charge is 0.326 e. The van der Waals surface area contributed by atoms with Crippen LogP contribution in [-0.4, -0.2) is 29.3 Å². The Morgan fingerprint density at radius 2 is 2.14 bits per heavy atom. The molecule has 1 saturated heterocycles. The zero-order valence-corrected chi connectivity index (χ0v) is 13.2. The Bertz CT molecular complexity index is 682. The number of hydrogen-bond acceptors (Lipinski definition) is 3. The van der Waals surface area contributed by atoms with Crippen LogP contribution in [-0.2, 0) is 4.79 Å². The first-order valence-electron chi connectivity index (χ1n) is 7.37. The molecule has 3 rings (SSSR count). The number of carbonyl (C=O) groups excluding carboxylic acids is 2. The third-order valence-electron chi connectivity index (χ3n) is 3.83. The number of anilines is 1. The molecule has 2 aromatic rings. The van der Waals surface area contributed by atoms with Gasteiger partial charge in [0.1, 0.15) is 6.04 Å². The number of likely N-dealkylation sites (tertiary alicyclic amines) is 1. The van der Waals surface area contributed by atoms with Crippen molar-refractivity contribution in [3.8, 4) is 0 Å². The molecule has 4 nitrogen and oxygen atoms in total. The maximum absolute atomic E-state index is 12.5. The summed E-state index contributed by atoms with van der Waals surface area (Å²) in [7, 11) is 0. The van der Waals surface area contributed by atoms with E-state index in [1.165, 1.54) is 11.3 Å². The lowest BCUT2D eigenvalue weighted by molar-refractivity contribution is -0.119. The van der Waals surface area contributed by atoms with Crippen LogP contribution >= 0.6 is 11.3 Å². The van der Waals surface area contributed by atoms with Gasteiger partial charge in [0.2, 0.25) is 5.91 Å². The number of aryl methyl sites for hydroxylation is 1. The first kappa shape index (κ1) is 14.8. The number of amides is 2.